The minimum atomic E-state index is -2.50. The number of rotatable bonds is 5. The lowest BCUT2D eigenvalue weighted by Crippen LogP contribution is -2.39. The highest BCUT2D eigenvalue weighted by atomic mass is 19.3. The van der Waals surface area contributed by atoms with Crippen LogP contribution in [0.15, 0.2) is 12.4 Å². The lowest BCUT2D eigenvalue weighted by Gasteiger charge is -2.32. The van der Waals surface area contributed by atoms with E-state index in [0.29, 0.717) is 18.3 Å². The first-order valence-electron chi connectivity index (χ1n) is 6.37. The number of hydrogen-bond acceptors (Lipinski definition) is 3. The van der Waals surface area contributed by atoms with Crippen molar-refractivity contribution in [2.45, 2.75) is 25.9 Å². The van der Waals surface area contributed by atoms with Crippen molar-refractivity contribution in [3.05, 3.63) is 18.2 Å². The van der Waals surface area contributed by atoms with Gasteiger partial charge in [0.05, 0.1) is 6.54 Å². The Morgan fingerprint density at radius 2 is 2.39 bits per heavy atom. The molecular formula is C12H20F2N4. The molecule has 1 atom stereocenters. The number of alkyl halides is 2. The fraction of sp³-hybridized carbons (Fsp3) is 0.750. The van der Waals surface area contributed by atoms with E-state index in [9.17, 15) is 8.78 Å². The predicted octanol–water partition coefficient (Wildman–Crippen LogP) is 1.71. The van der Waals surface area contributed by atoms with Crippen LogP contribution < -0.4 is 5.32 Å². The lowest BCUT2D eigenvalue weighted by atomic mass is 9.98. The summed E-state index contributed by atoms with van der Waals surface area (Å²) in [6.07, 6.45) is 5.12. The first kappa shape index (κ1) is 13.4. The van der Waals surface area contributed by atoms with E-state index >= 15 is 0 Å². The van der Waals surface area contributed by atoms with E-state index in [1.54, 1.807) is 0 Å². The molecule has 18 heavy (non-hydrogen) atoms. The van der Waals surface area contributed by atoms with Gasteiger partial charge in [0.2, 0.25) is 0 Å². The van der Waals surface area contributed by atoms with E-state index in [1.165, 1.54) is 18.8 Å². The first-order chi connectivity index (χ1) is 8.70. The van der Waals surface area contributed by atoms with Crippen LogP contribution in [0, 0.1) is 5.92 Å². The molecule has 4 nitrogen and oxygen atoms in total. The van der Waals surface area contributed by atoms with Gasteiger partial charge in [-0.05, 0) is 38.9 Å². The Labute approximate surface area is 106 Å². The number of aromatic nitrogens is 2. The highest BCUT2D eigenvalue weighted by Crippen LogP contribution is 2.19. The van der Waals surface area contributed by atoms with Gasteiger partial charge >= 0.3 is 6.55 Å². The zero-order chi connectivity index (χ0) is 13.0. The van der Waals surface area contributed by atoms with Crippen molar-refractivity contribution in [3.63, 3.8) is 0 Å². The number of halogens is 2. The van der Waals surface area contributed by atoms with E-state index in [0.717, 1.165) is 30.6 Å². The van der Waals surface area contributed by atoms with Crippen LogP contribution in [-0.4, -0.2) is 41.1 Å². The Kier molecular flexibility index (Phi) is 4.66. The van der Waals surface area contributed by atoms with Crippen molar-refractivity contribution < 1.29 is 8.78 Å². The number of nitrogens with zero attached hydrogens (tertiary/aromatic N) is 3. The molecule has 0 amide bonds. The largest absolute Gasteiger partial charge is 0.319 e. The molecule has 0 saturated carbocycles. The highest BCUT2D eigenvalue weighted by Gasteiger charge is 2.21. The van der Waals surface area contributed by atoms with Gasteiger partial charge in [0.1, 0.15) is 5.82 Å². The third-order valence-corrected chi connectivity index (χ3v) is 3.42. The molecule has 2 heterocycles. The zero-order valence-corrected chi connectivity index (χ0v) is 10.6. The Hall–Kier alpha value is -1.01. The van der Waals surface area contributed by atoms with Crippen LogP contribution in [-0.2, 0) is 6.54 Å². The van der Waals surface area contributed by atoms with Gasteiger partial charge in [-0.1, -0.05) is 0 Å². The van der Waals surface area contributed by atoms with E-state index < -0.39 is 6.55 Å². The maximum absolute atomic E-state index is 12.7. The van der Waals surface area contributed by atoms with E-state index in [2.05, 4.69) is 15.2 Å². The van der Waals surface area contributed by atoms with Crippen molar-refractivity contribution in [1.29, 1.82) is 0 Å². The Bertz CT molecular complexity index is 365. The van der Waals surface area contributed by atoms with Crippen LogP contribution in [0.5, 0.6) is 0 Å². The van der Waals surface area contributed by atoms with E-state index in [-0.39, 0.29) is 0 Å². The van der Waals surface area contributed by atoms with Crippen molar-refractivity contribution in [1.82, 2.24) is 19.8 Å². The molecule has 0 bridgehead atoms. The van der Waals surface area contributed by atoms with Crippen LogP contribution in [0.4, 0.5) is 8.78 Å². The summed E-state index contributed by atoms with van der Waals surface area (Å²) in [7, 11) is 1.95. The summed E-state index contributed by atoms with van der Waals surface area (Å²) in [5, 5.41) is 3.18. The fourth-order valence-corrected chi connectivity index (χ4v) is 2.59. The SMILES string of the molecule is CNCC1CCCN(Cc2nccn2C(F)F)C1. The summed E-state index contributed by atoms with van der Waals surface area (Å²) in [5.74, 6) is 1.06. The summed E-state index contributed by atoms with van der Waals surface area (Å²) in [6, 6.07) is 0. The predicted molar refractivity (Wildman–Crippen MR) is 65.4 cm³/mol. The third-order valence-electron chi connectivity index (χ3n) is 3.42. The molecule has 1 fully saturated rings. The summed E-state index contributed by atoms with van der Waals surface area (Å²) in [4.78, 5) is 6.24. The summed E-state index contributed by atoms with van der Waals surface area (Å²) < 4.78 is 26.4. The van der Waals surface area contributed by atoms with Gasteiger partial charge in [-0.15, -0.1) is 0 Å². The molecule has 102 valence electrons. The van der Waals surface area contributed by atoms with Crippen LogP contribution >= 0.6 is 0 Å². The summed E-state index contributed by atoms with van der Waals surface area (Å²) in [5.41, 5.74) is 0. The van der Waals surface area contributed by atoms with Crippen LogP contribution in [0.3, 0.4) is 0 Å². The quantitative estimate of drug-likeness (QED) is 0.873. The summed E-state index contributed by atoms with van der Waals surface area (Å²) >= 11 is 0. The monoisotopic (exact) mass is 258 g/mol. The van der Waals surface area contributed by atoms with Crippen molar-refractivity contribution >= 4 is 0 Å². The molecule has 1 aliphatic rings. The lowest BCUT2D eigenvalue weighted by molar-refractivity contribution is 0.0619. The molecular weight excluding hydrogens is 238 g/mol. The Morgan fingerprint density at radius 3 is 3.11 bits per heavy atom. The van der Waals surface area contributed by atoms with Gasteiger partial charge in [0, 0.05) is 18.9 Å². The van der Waals surface area contributed by atoms with Crippen LogP contribution in [0.1, 0.15) is 25.2 Å². The van der Waals surface area contributed by atoms with Crippen LogP contribution in [0.25, 0.3) is 0 Å². The minimum Gasteiger partial charge on any atom is -0.319 e. The number of likely N-dealkylation sites (tertiary alicyclic amines) is 1. The van der Waals surface area contributed by atoms with Gasteiger partial charge < -0.3 is 5.32 Å². The average Bonchev–Trinajstić information content (AvgIpc) is 2.78. The smallest absolute Gasteiger partial charge is 0.319 e. The van der Waals surface area contributed by atoms with Crippen LogP contribution in [0.2, 0.25) is 0 Å². The first-order valence-corrected chi connectivity index (χ1v) is 6.37. The van der Waals surface area contributed by atoms with E-state index in [4.69, 9.17) is 0 Å². The number of hydrogen-bond donors (Lipinski definition) is 1. The average molecular weight is 258 g/mol. The van der Waals surface area contributed by atoms with Gasteiger partial charge in [-0.3, -0.25) is 9.47 Å². The van der Waals surface area contributed by atoms with Gasteiger partial charge in [0.15, 0.2) is 0 Å². The molecule has 1 aromatic heterocycles. The molecule has 1 saturated heterocycles. The molecule has 0 aromatic carbocycles. The maximum atomic E-state index is 12.7. The number of nitrogens with one attached hydrogen (secondary N) is 1. The van der Waals surface area contributed by atoms with Gasteiger partial charge in [0.25, 0.3) is 0 Å². The zero-order valence-electron chi connectivity index (χ0n) is 10.6. The fourth-order valence-electron chi connectivity index (χ4n) is 2.59. The maximum Gasteiger partial charge on any atom is 0.319 e. The van der Waals surface area contributed by atoms with Crippen molar-refractivity contribution in [2.75, 3.05) is 26.7 Å². The van der Waals surface area contributed by atoms with Crippen molar-refractivity contribution in [2.24, 2.45) is 5.92 Å². The topological polar surface area (TPSA) is 33.1 Å². The molecule has 0 radical (unpaired) electrons. The molecule has 6 heteroatoms. The Balaban J connectivity index is 1.94. The normalized spacial score (nSPS) is 21.7. The van der Waals surface area contributed by atoms with Gasteiger partial charge in [-0.25, -0.2) is 4.98 Å². The third kappa shape index (κ3) is 3.26. The number of imidazole rings is 1. The van der Waals surface area contributed by atoms with E-state index in [1.807, 2.05) is 7.05 Å². The number of piperidine rings is 1. The molecule has 1 unspecified atom stereocenters. The molecule has 2 rings (SSSR count). The Morgan fingerprint density at radius 1 is 1.56 bits per heavy atom. The second-order valence-electron chi connectivity index (χ2n) is 4.83. The van der Waals surface area contributed by atoms with Gasteiger partial charge in [-0.2, -0.15) is 8.78 Å². The molecule has 1 aromatic rings. The molecule has 0 aliphatic carbocycles. The summed E-state index contributed by atoms with van der Waals surface area (Å²) in [6.45, 7) is 0.922. The standard InChI is InChI=1S/C12H20F2N4/c1-15-7-10-3-2-5-17(8-10)9-11-16-4-6-18(11)12(13)14/h4,6,10,12,15H,2-3,5,7-9H2,1H3. The minimum absolute atomic E-state index is 0.454. The molecule has 0 spiro atoms. The molecule has 1 aliphatic heterocycles. The van der Waals surface area contributed by atoms with Crippen molar-refractivity contribution in [3.8, 4) is 0 Å². The second-order valence-corrected chi connectivity index (χ2v) is 4.83. The molecule has 1 N–H and O–H groups in total. The second kappa shape index (κ2) is 6.24. The highest BCUT2D eigenvalue weighted by molar-refractivity contribution is 4.93.